The first-order chi connectivity index (χ1) is 21.1. The van der Waals surface area contributed by atoms with Gasteiger partial charge in [-0.2, -0.15) is 13.2 Å². The van der Waals surface area contributed by atoms with Gasteiger partial charge in [0.15, 0.2) is 5.69 Å². The Bertz CT molecular complexity index is 1750. The van der Waals surface area contributed by atoms with Gasteiger partial charge in [0.25, 0.3) is 5.89 Å². The molecule has 16 heteroatoms. The number of halogens is 3. The molecule has 0 bridgehead atoms. The number of alkyl halides is 3. The van der Waals surface area contributed by atoms with Crippen LogP contribution >= 0.6 is 11.3 Å². The molecular weight excluding hydrogens is 613 g/mol. The van der Waals surface area contributed by atoms with E-state index in [2.05, 4.69) is 75.4 Å². The van der Waals surface area contributed by atoms with E-state index in [1.54, 1.807) is 13.0 Å². The number of H-pyrrole nitrogens is 1. The van der Waals surface area contributed by atoms with E-state index in [0.29, 0.717) is 36.1 Å². The van der Waals surface area contributed by atoms with Crippen LogP contribution in [-0.2, 0) is 6.18 Å². The molecule has 1 fully saturated rings. The van der Waals surface area contributed by atoms with Crippen molar-refractivity contribution < 1.29 is 27.1 Å². The van der Waals surface area contributed by atoms with Crippen molar-refractivity contribution in [2.24, 2.45) is 0 Å². The topological polar surface area (TPSA) is 151 Å². The summed E-state index contributed by atoms with van der Waals surface area (Å²) in [6.07, 6.45) is -0.740. The predicted octanol–water partition coefficient (Wildman–Crippen LogP) is 5.80. The molecular formula is C29H33F3N8O4S. The number of thiazole rings is 1. The minimum atomic E-state index is -4.66. The van der Waals surface area contributed by atoms with E-state index in [-0.39, 0.29) is 45.3 Å². The third-order valence-electron chi connectivity index (χ3n) is 7.88. The van der Waals surface area contributed by atoms with Gasteiger partial charge in [0, 0.05) is 64.9 Å². The molecule has 4 aromatic heterocycles. The first-order valence-electron chi connectivity index (χ1n) is 14.1. The molecule has 1 aliphatic heterocycles. The number of aromatic amines is 1. The molecule has 5 rings (SSSR count). The van der Waals surface area contributed by atoms with Crippen LogP contribution in [0.25, 0.3) is 33.2 Å². The Morgan fingerprint density at radius 1 is 1.13 bits per heavy atom. The number of carbonyl (C=O) groups excluding carboxylic acids is 1. The molecule has 5 heterocycles. The summed E-state index contributed by atoms with van der Waals surface area (Å²) >= 11 is 0.790. The summed E-state index contributed by atoms with van der Waals surface area (Å²) in [4.78, 5) is 39.1. The first kappa shape index (κ1) is 32.1. The highest BCUT2D eigenvalue weighted by atomic mass is 32.1. The van der Waals surface area contributed by atoms with Crippen molar-refractivity contribution in [1.29, 1.82) is 0 Å². The maximum absolute atomic E-state index is 13.6. The lowest BCUT2D eigenvalue weighted by atomic mass is 9.78. The number of nitrogens with zero attached hydrogens (tertiary/aromatic N) is 5. The average molecular weight is 647 g/mol. The van der Waals surface area contributed by atoms with Crippen molar-refractivity contribution in [3.63, 3.8) is 0 Å². The van der Waals surface area contributed by atoms with Gasteiger partial charge in [-0.1, -0.05) is 0 Å². The van der Waals surface area contributed by atoms with Gasteiger partial charge in [-0.3, -0.25) is 10.2 Å². The predicted molar refractivity (Wildman–Crippen MR) is 162 cm³/mol. The summed E-state index contributed by atoms with van der Waals surface area (Å²) in [5.41, 5.74) is -0.241. The van der Waals surface area contributed by atoms with E-state index in [1.165, 1.54) is 18.5 Å². The lowest BCUT2D eigenvalue weighted by molar-refractivity contribution is -0.140. The van der Waals surface area contributed by atoms with E-state index < -0.39 is 23.7 Å². The largest absolute Gasteiger partial charge is 0.474 e. The minimum Gasteiger partial charge on any atom is -0.474 e. The molecule has 0 radical (unpaired) electrons. The van der Waals surface area contributed by atoms with Crippen LogP contribution in [0.2, 0.25) is 0 Å². The van der Waals surface area contributed by atoms with Gasteiger partial charge in [-0.05, 0) is 53.8 Å². The summed E-state index contributed by atoms with van der Waals surface area (Å²) < 4.78 is 52.5. The van der Waals surface area contributed by atoms with E-state index >= 15 is 0 Å². The summed E-state index contributed by atoms with van der Waals surface area (Å²) in [5.74, 6) is -0.530. The van der Waals surface area contributed by atoms with Crippen molar-refractivity contribution in [3.8, 4) is 39.0 Å². The molecule has 3 N–H and O–H groups in total. The molecule has 4 aromatic rings. The normalized spacial score (nSPS) is 16.8. The van der Waals surface area contributed by atoms with E-state index in [4.69, 9.17) is 9.15 Å². The van der Waals surface area contributed by atoms with Gasteiger partial charge in [0.1, 0.15) is 16.9 Å². The third-order valence-corrected chi connectivity index (χ3v) is 8.76. The van der Waals surface area contributed by atoms with Crippen LogP contribution in [0.4, 0.5) is 23.8 Å². The number of rotatable bonds is 7. The minimum absolute atomic E-state index is 0.0305. The Morgan fingerprint density at radius 3 is 2.44 bits per heavy atom. The summed E-state index contributed by atoms with van der Waals surface area (Å²) in [7, 11) is 2.07. The smallest absolute Gasteiger partial charge is 0.434 e. The number of amides is 2. The van der Waals surface area contributed by atoms with Crippen LogP contribution in [-0.4, -0.2) is 66.9 Å². The monoisotopic (exact) mass is 646 g/mol. The molecule has 2 amide bonds. The molecule has 1 aliphatic rings. The van der Waals surface area contributed by atoms with Crippen LogP contribution in [0.5, 0.6) is 5.88 Å². The van der Waals surface area contributed by atoms with E-state index in [9.17, 15) is 22.8 Å². The summed E-state index contributed by atoms with van der Waals surface area (Å²) in [5, 5.41) is 12.2. The standard InChI is InChI=1S/C29H33F3N8O4S/c1-7-33-25(41)37-21-9-18(24-36-20(14-45-24)29(30,31)32)19(13-34-21)17-8-15(22-38-39-26(42)44-22)12-35-23(17)43-16-10-27(2,3)40(6)28(4,5)11-16/h8-9,12-14,16H,7,10-11H2,1-6H3,(H,39,42)(H2,33,34,37,41). The SMILES string of the molecule is CCNC(=O)Nc1cc(-c2nc(C(F)(F)F)cs2)c(-c2cc(-c3n[nH]c(=O)o3)cnc2OC2CC(C)(C)N(C)C(C)(C)C2)cn1. The van der Waals surface area contributed by atoms with Crippen molar-refractivity contribution >= 4 is 23.2 Å². The highest BCUT2D eigenvalue weighted by Gasteiger charge is 2.44. The zero-order valence-electron chi connectivity index (χ0n) is 25.5. The van der Waals surface area contributed by atoms with Crippen LogP contribution in [0.15, 0.2) is 39.1 Å². The van der Waals surface area contributed by atoms with E-state index in [0.717, 1.165) is 16.7 Å². The number of ether oxygens (including phenoxy) is 1. The Kier molecular flexibility index (Phi) is 8.48. The number of anilines is 1. The third kappa shape index (κ3) is 6.86. The van der Waals surface area contributed by atoms with Crippen LogP contribution in [0.1, 0.15) is 53.2 Å². The summed E-state index contributed by atoms with van der Waals surface area (Å²) in [6.45, 7) is 10.6. The number of piperidine rings is 1. The number of urea groups is 1. The van der Waals surface area contributed by atoms with Crippen LogP contribution in [0.3, 0.4) is 0 Å². The molecule has 0 atom stereocenters. The molecule has 1 saturated heterocycles. The highest BCUT2D eigenvalue weighted by molar-refractivity contribution is 7.13. The number of nitrogens with one attached hydrogen (secondary N) is 3. The number of carbonyl (C=O) groups is 1. The second-order valence-electron chi connectivity index (χ2n) is 12.0. The number of pyridine rings is 2. The molecule has 0 spiro atoms. The fourth-order valence-electron chi connectivity index (χ4n) is 5.49. The van der Waals surface area contributed by atoms with Gasteiger partial charge in [0.05, 0.1) is 5.56 Å². The molecule has 0 saturated carbocycles. The lowest BCUT2D eigenvalue weighted by Crippen LogP contribution is -2.60. The zero-order chi connectivity index (χ0) is 32.7. The first-order valence-corrected chi connectivity index (χ1v) is 15.0. The maximum Gasteiger partial charge on any atom is 0.434 e. The zero-order valence-corrected chi connectivity index (χ0v) is 26.3. The van der Waals surface area contributed by atoms with Gasteiger partial charge in [-0.25, -0.2) is 29.6 Å². The fraction of sp³-hybridized carbons (Fsp3) is 0.448. The molecule has 45 heavy (non-hydrogen) atoms. The highest BCUT2D eigenvalue weighted by Crippen LogP contribution is 2.44. The molecule has 0 aliphatic carbocycles. The van der Waals surface area contributed by atoms with Crippen molar-refractivity contribution in [3.05, 3.63) is 46.2 Å². The van der Waals surface area contributed by atoms with Crippen LogP contribution < -0.4 is 21.1 Å². The van der Waals surface area contributed by atoms with Gasteiger partial charge in [-0.15, -0.1) is 16.4 Å². The van der Waals surface area contributed by atoms with Gasteiger partial charge < -0.3 is 14.5 Å². The van der Waals surface area contributed by atoms with Crippen molar-refractivity contribution in [2.45, 2.75) is 70.8 Å². The molecule has 0 unspecified atom stereocenters. The van der Waals surface area contributed by atoms with Crippen molar-refractivity contribution in [1.82, 2.24) is 35.4 Å². The number of aromatic nitrogens is 5. The van der Waals surface area contributed by atoms with E-state index in [1.807, 2.05) is 0 Å². The van der Waals surface area contributed by atoms with Crippen molar-refractivity contribution in [2.75, 3.05) is 18.9 Å². The Balaban J connectivity index is 1.67. The molecule has 0 aromatic carbocycles. The maximum atomic E-state index is 13.6. The number of likely N-dealkylation sites (tertiary alicyclic amines) is 1. The quantitative estimate of drug-likeness (QED) is 0.226. The fourth-order valence-corrected chi connectivity index (χ4v) is 6.35. The second kappa shape index (κ2) is 11.9. The molecule has 12 nitrogen and oxygen atoms in total. The lowest BCUT2D eigenvalue weighted by Gasteiger charge is -2.53. The molecule has 240 valence electrons. The average Bonchev–Trinajstić information content (AvgIpc) is 3.62. The van der Waals surface area contributed by atoms with Gasteiger partial charge >= 0.3 is 18.0 Å². The Morgan fingerprint density at radius 2 is 1.84 bits per heavy atom. The van der Waals surface area contributed by atoms with Gasteiger partial charge in [0.2, 0.25) is 5.88 Å². The van der Waals surface area contributed by atoms with Crippen LogP contribution in [0, 0.1) is 0 Å². The Hall–Kier alpha value is -4.31. The number of hydrogen-bond acceptors (Lipinski definition) is 10. The summed E-state index contributed by atoms with van der Waals surface area (Å²) in [6, 6.07) is 2.52. The number of hydrogen-bond donors (Lipinski definition) is 3. The Labute approximate surface area is 260 Å². The second-order valence-corrected chi connectivity index (χ2v) is 12.8.